The molecular formula is C9H6ClF3N2. The lowest BCUT2D eigenvalue weighted by Crippen LogP contribution is -1.95. The second kappa shape index (κ2) is 3.73. The number of pyridine rings is 1. The van der Waals surface area contributed by atoms with Gasteiger partial charge in [0.25, 0.3) is 0 Å². The molecule has 0 saturated carbocycles. The zero-order valence-corrected chi connectivity index (χ0v) is 8.15. The molecular weight excluding hydrogens is 229 g/mol. The van der Waals surface area contributed by atoms with Crippen molar-refractivity contribution in [1.29, 1.82) is 0 Å². The Morgan fingerprint density at radius 3 is 2.87 bits per heavy atom. The minimum atomic E-state index is -2.47. The fourth-order valence-electron chi connectivity index (χ4n) is 1.39. The average Bonchev–Trinajstić information content (AvgIpc) is 2.49. The van der Waals surface area contributed by atoms with Crippen LogP contribution in [-0.2, 0) is 6.42 Å². The molecule has 0 aliphatic rings. The highest BCUT2D eigenvalue weighted by atomic mass is 35.5. The summed E-state index contributed by atoms with van der Waals surface area (Å²) in [6.07, 6.45) is -1.51. The number of hydrogen-bond acceptors (Lipinski definition) is 1. The molecule has 0 amide bonds. The van der Waals surface area contributed by atoms with Crippen molar-refractivity contribution in [1.82, 2.24) is 9.97 Å². The Hall–Kier alpha value is -1.23. The molecule has 0 unspecified atom stereocenters. The van der Waals surface area contributed by atoms with Gasteiger partial charge in [-0.15, -0.1) is 0 Å². The van der Waals surface area contributed by atoms with Gasteiger partial charge in [0.05, 0.1) is 0 Å². The molecule has 1 N–H and O–H groups in total. The number of aromatic amines is 1. The molecule has 2 heterocycles. The van der Waals surface area contributed by atoms with Crippen LogP contribution in [0, 0.1) is 5.82 Å². The van der Waals surface area contributed by atoms with Crippen LogP contribution in [0.1, 0.15) is 5.56 Å². The molecule has 0 atom stereocenters. The molecule has 0 spiro atoms. The maximum absolute atomic E-state index is 13.0. The van der Waals surface area contributed by atoms with Crippen molar-refractivity contribution in [2.45, 2.75) is 12.8 Å². The van der Waals surface area contributed by atoms with Gasteiger partial charge in [0.15, 0.2) is 11.0 Å². The summed E-state index contributed by atoms with van der Waals surface area (Å²) in [5.41, 5.74) is 0.653. The fraction of sp³-hybridized carbons (Fsp3) is 0.222. The number of halogens is 4. The molecule has 0 radical (unpaired) electrons. The Bertz CT molecular complexity index is 495. The Balaban J connectivity index is 2.54. The van der Waals surface area contributed by atoms with Crippen molar-refractivity contribution in [3.8, 4) is 0 Å². The largest absolute Gasteiger partial charge is 0.346 e. The molecule has 0 saturated heterocycles. The van der Waals surface area contributed by atoms with Gasteiger partial charge in [-0.1, -0.05) is 11.6 Å². The van der Waals surface area contributed by atoms with Crippen molar-refractivity contribution in [2.75, 3.05) is 0 Å². The smallest absolute Gasteiger partial charge is 0.242 e. The highest BCUT2D eigenvalue weighted by molar-refractivity contribution is 6.29. The summed E-state index contributed by atoms with van der Waals surface area (Å²) >= 11 is 5.45. The molecule has 2 aromatic heterocycles. The molecule has 2 nitrogen and oxygen atoms in total. The van der Waals surface area contributed by atoms with Gasteiger partial charge >= 0.3 is 0 Å². The van der Waals surface area contributed by atoms with E-state index in [0.29, 0.717) is 16.6 Å². The van der Waals surface area contributed by atoms with Crippen LogP contribution >= 0.6 is 11.6 Å². The Labute approximate surface area is 88.1 Å². The molecule has 2 aromatic rings. The van der Waals surface area contributed by atoms with Crippen molar-refractivity contribution in [2.24, 2.45) is 0 Å². The zero-order valence-electron chi connectivity index (χ0n) is 7.40. The van der Waals surface area contributed by atoms with Gasteiger partial charge in [-0.05, 0) is 11.6 Å². The van der Waals surface area contributed by atoms with Crippen LogP contribution in [0.5, 0.6) is 0 Å². The van der Waals surface area contributed by atoms with Gasteiger partial charge in [0.1, 0.15) is 5.65 Å². The molecule has 6 heteroatoms. The van der Waals surface area contributed by atoms with Gasteiger partial charge < -0.3 is 4.98 Å². The van der Waals surface area contributed by atoms with E-state index >= 15 is 0 Å². The summed E-state index contributed by atoms with van der Waals surface area (Å²) in [6, 6.07) is 1.11. The first-order valence-corrected chi connectivity index (χ1v) is 4.56. The van der Waals surface area contributed by atoms with E-state index < -0.39 is 18.7 Å². The fourth-order valence-corrected chi connectivity index (χ4v) is 1.53. The van der Waals surface area contributed by atoms with Crippen molar-refractivity contribution >= 4 is 22.6 Å². The van der Waals surface area contributed by atoms with Crippen LogP contribution in [0.2, 0.25) is 5.15 Å². The number of fused-ring (bicyclic) bond motifs is 1. The van der Waals surface area contributed by atoms with Crippen LogP contribution < -0.4 is 0 Å². The number of hydrogen-bond donors (Lipinski definition) is 1. The topological polar surface area (TPSA) is 28.7 Å². The van der Waals surface area contributed by atoms with E-state index in [-0.39, 0.29) is 5.15 Å². The zero-order chi connectivity index (χ0) is 11.0. The van der Waals surface area contributed by atoms with Gasteiger partial charge in [0, 0.05) is 18.0 Å². The first-order chi connectivity index (χ1) is 7.08. The Kier molecular flexibility index (Phi) is 2.56. The Morgan fingerprint density at radius 2 is 2.20 bits per heavy atom. The SMILES string of the molecule is Fc1cc2c(CC(F)F)c[nH]c2nc1Cl. The normalized spacial score (nSPS) is 11.5. The predicted octanol–water partition coefficient (Wildman–Crippen LogP) is 3.16. The molecule has 80 valence electrons. The van der Waals surface area contributed by atoms with Gasteiger partial charge in [-0.25, -0.2) is 18.2 Å². The molecule has 0 fully saturated rings. The Morgan fingerprint density at radius 1 is 1.47 bits per heavy atom. The lowest BCUT2D eigenvalue weighted by molar-refractivity contribution is 0.149. The summed E-state index contributed by atoms with van der Waals surface area (Å²) in [4.78, 5) is 6.36. The van der Waals surface area contributed by atoms with Crippen LogP contribution in [0.4, 0.5) is 13.2 Å². The van der Waals surface area contributed by atoms with E-state index in [1.54, 1.807) is 0 Å². The summed E-state index contributed by atoms with van der Waals surface area (Å²) in [5, 5.41) is 0.0742. The second-order valence-corrected chi connectivity index (χ2v) is 3.42. The highest BCUT2D eigenvalue weighted by Gasteiger charge is 2.13. The van der Waals surface area contributed by atoms with E-state index in [2.05, 4.69) is 9.97 Å². The number of aromatic nitrogens is 2. The van der Waals surface area contributed by atoms with Crippen LogP contribution in [-0.4, -0.2) is 16.4 Å². The minimum absolute atomic E-state index is 0.270. The maximum Gasteiger partial charge on any atom is 0.242 e. The van der Waals surface area contributed by atoms with Crippen molar-refractivity contribution < 1.29 is 13.2 Å². The van der Waals surface area contributed by atoms with E-state index in [4.69, 9.17) is 11.6 Å². The number of H-pyrrole nitrogens is 1. The molecule has 15 heavy (non-hydrogen) atoms. The third-order valence-corrected chi connectivity index (χ3v) is 2.30. The maximum atomic E-state index is 13.0. The minimum Gasteiger partial charge on any atom is -0.346 e. The third kappa shape index (κ3) is 1.92. The monoisotopic (exact) mass is 234 g/mol. The number of alkyl halides is 2. The molecule has 0 aliphatic heterocycles. The highest BCUT2D eigenvalue weighted by Crippen LogP contribution is 2.23. The van der Waals surface area contributed by atoms with Crippen LogP contribution in [0.25, 0.3) is 11.0 Å². The first-order valence-electron chi connectivity index (χ1n) is 4.18. The number of nitrogens with zero attached hydrogens (tertiary/aromatic N) is 1. The number of rotatable bonds is 2. The summed E-state index contributed by atoms with van der Waals surface area (Å²) in [7, 11) is 0. The molecule has 0 aromatic carbocycles. The first kappa shape index (κ1) is 10.3. The van der Waals surface area contributed by atoms with Gasteiger partial charge in [-0.2, -0.15) is 0 Å². The predicted molar refractivity (Wildman–Crippen MR) is 50.8 cm³/mol. The molecule has 0 aliphatic carbocycles. The average molecular weight is 235 g/mol. The van der Waals surface area contributed by atoms with Gasteiger partial charge in [-0.3, -0.25) is 0 Å². The van der Waals surface area contributed by atoms with Crippen LogP contribution in [0.15, 0.2) is 12.3 Å². The third-order valence-electron chi connectivity index (χ3n) is 2.04. The van der Waals surface area contributed by atoms with E-state index in [1.807, 2.05) is 0 Å². The summed E-state index contributed by atoms with van der Waals surface area (Å²) in [5.74, 6) is -0.709. The van der Waals surface area contributed by atoms with E-state index in [9.17, 15) is 13.2 Å². The molecule has 0 bridgehead atoms. The lowest BCUT2D eigenvalue weighted by Gasteiger charge is -1.98. The number of nitrogens with one attached hydrogen (secondary N) is 1. The van der Waals surface area contributed by atoms with Gasteiger partial charge in [0.2, 0.25) is 6.43 Å². The lowest BCUT2D eigenvalue weighted by atomic mass is 10.1. The van der Waals surface area contributed by atoms with Crippen LogP contribution in [0.3, 0.4) is 0 Å². The standard InChI is InChI=1S/C9H6ClF3N2/c10-8-6(11)2-5-4(1-7(12)13)3-14-9(5)15-8/h2-3,7H,1H2,(H,14,15). The summed E-state index contributed by atoms with van der Waals surface area (Å²) in [6.45, 7) is 0. The van der Waals surface area contributed by atoms with Crippen molar-refractivity contribution in [3.05, 3.63) is 28.8 Å². The van der Waals surface area contributed by atoms with E-state index in [1.165, 1.54) is 6.20 Å². The molecule has 2 rings (SSSR count). The second-order valence-electron chi connectivity index (χ2n) is 3.07. The quantitative estimate of drug-likeness (QED) is 0.795. The van der Waals surface area contributed by atoms with E-state index in [0.717, 1.165) is 6.07 Å². The summed E-state index contributed by atoms with van der Waals surface area (Å²) < 4.78 is 37.4. The van der Waals surface area contributed by atoms with Crippen molar-refractivity contribution in [3.63, 3.8) is 0 Å².